The average Bonchev–Trinajstić information content (AvgIpc) is 3.36. The monoisotopic (exact) mass is 454 g/mol. The number of rotatable bonds is 7. The number of carbonyl (C=O) groups excluding carboxylic acids is 1. The topological polar surface area (TPSA) is 76.6 Å². The van der Waals surface area contributed by atoms with Crippen LogP contribution in [0.1, 0.15) is 13.3 Å². The van der Waals surface area contributed by atoms with Gasteiger partial charge in [0, 0.05) is 17.5 Å². The van der Waals surface area contributed by atoms with Gasteiger partial charge in [-0.25, -0.2) is 4.57 Å². The van der Waals surface area contributed by atoms with E-state index in [9.17, 15) is 4.79 Å². The maximum atomic E-state index is 11.5. The molecule has 3 aromatic carbocycles. The number of hydrogen-bond donors (Lipinski definition) is 1. The third-order valence-corrected chi connectivity index (χ3v) is 6.76. The minimum Gasteiger partial charge on any atom is -0.370 e. The maximum Gasteiger partial charge on any atom is 0.409 e. The summed E-state index contributed by atoms with van der Waals surface area (Å²) in [4.78, 5) is 11.5. The van der Waals surface area contributed by atoms with E-state index in [0.717, 1.165) is 49.7 Å². The molecule has 33 heavy (non-hydrogen) atoms. The number of azo groups is 1. The van der Waals surface area contributed by atoms with Gasteiger partial charge in [0.2, 0.25) is 5.91 Å². The van der Waals surface area contributed by atoms with Gasteiger partial charge in [-0.2, -0.15) is 0 Å². The standard InChI is InChI=1S/C26H23N5OS/c1-2-30-20-13-7-6-12-19(20)24(25(30)18-10-4-3-5-11-18)28-29-26-31(17-16-23(27)32)21-14-8-9-15-22(21)33-26/h3-15H,2,16-17H2,1H3,(H-,27,32)/p+1. The minimum absolute atomic E-state index is 0.248. The van der Waals surface area contributed by atoms with Gasteiger partial charge < -0.3 is 10.3 Å². The lowest BCUT2D eigenvalue weighted by Crippen LogP contribution is -2.34. The van der Waals surface area contributed by atoms with Gasteiger partial charge in [0.05, 0.1) is 27.4 Å². The number of hydrogen-bond acceptors (Lipinski definition) is 4. The largest absolute Gasteiger partial charge is 0.409 e. The molecule has 2 N–H and O–H groups in total. The van der Waals surface area contributed by atoms with E-state index in [2.05, 4.69) is 41.8 Å². The first-order chi connectivity index (χ1) is 16.2. The Morgan fingerprint density at radius 2 is 1.70 bits per heavy atom. The molecular weight excluding hydrogens is 430 g/mol. The molecule has 7 heteroatoms. The van der Waals surface area contributed by atoms with E-state index in [0.29, 0.717) is 6.54 Å². The normalized spacial score (nSPS) is 11.7. The van der Waals surface area contributed by atoms with Gasteiger partial charge in [-0.05, 0) is 41.6 Å². The average molecular weight is 455 g/mol. The fourth-order valence-electron chi connectivity index (χ4n) is 4.23. The lowest BCUT2D eigenvalue weighted by molar-refractivity contribution is -0.653. The Morgan fingerprint density at radius 3 is 2.48 bits per heavy atom. The number of carbonyl (C=O) groups is 1. The summed E-state index contributed by atoms with van der Waals surface area (Å²) in [6, 6.07) is 26.7. The number of aromatic nitrogens is 2. The molecule has 6 nitrogen and oxygen atoms in total. The van der Waals surface area contributed by atoms with Crippen LogP contribution in [0.2, 0.25) is 0 Å². The lowest BCUT2D eigenvalue weighted by Gasteiger charge is -2.08. The third kappa shape index (κ3) is 3.91. The van der Waals surface area contributed by atoms with Crippen molar-refractivity contribution in [2.24, 2.45) is 16.0 Å². The second-order valence-corrected chi connectivity index (χ2v) is 8.75. The number of aryl methyl sites for hydroxylation is 2. The lowest BCUT2D eigenvalue weighted by atomic mass is 10.1. The van der Waals surface area contributed by atoms with Gasteiger partial charge in [0.25, 0.3) is 0 Å². The number of primary amides is 1. The van der Waals surface area contributed by atoms with Crippen molar-refractivity contribution in [3.63, 3.8) is 0 Å². The zero-order chi connectivity index (χ0) is 22.8. The predicted octanol–water partition coefficient (Wildman–Crippen LogP) is 6.12. The molecule has 0 saturated carbocycles. The van der Waals surface area contributed by atoms with Crippen molar-refractivity contribution >= 4 is 49.2 Å². The number of para-hydroxylation sites is 2. The molecule has 5 rings (SSSR count). The Morgan fingerprint density at radius 1 is 0.970 bits per heavy atom. The number of amides is 1. The highest BCUT2D eigenvalue weighted by atomic mass is 32.1. The molecule has 0 spiro atoms. The van der Waals surface area contributed by atoms with E-state index in [4.69, 9.17) is 16.0 Å². The van der Waals surface area contributed by atoms with Crippen LogP contribution in [0.5, 0.6) is 0 Å². The third-order valence-electron chi connectivity index (χ3n) is 5.71. The first-order valence-electron chi connectivity index (χ1n) is 11.0. The Labute approximate surface area is 195 Å². The number of fused-ring (bicyclic) bond motifs is 2. The molecular formula is C26H24N5OS+. The summed E-state index contributed by atoms with van der Waals surface area (Å²) in [6.45, 7) is 3.43. The summed E-state index contributed by atoms with van der Waals surface area (Å²) in [5, 5.41) is 11.3. The first-order valence-corrected chi connectivity index (χ1v) is 11.8. The van der Waals surface area contributed by atoms with Crippen LogP contribution in [0.4, 0.5) is 10.8 Å². The van der Waals surface area contributed by atoms with Gasteiger partial charge in [-0.3, -0.25) is 4.79 Å². The van der Waals surface area contributed by atoms with E-state index in [1.165, 1.54) is 0 Å². The molecule has 0 saturated heterocycles. The highest BCUT2D eigenvalue weighted by Crippen LogP contribution is 2.41. The second-order valence-electron chi connectivity index (χ2n) is 7.74. The van der Waals surface area contributed by atoms with Crippen molar-refractivity contribution in [3.8, 4) is 11.3 Å². The van der Waals surface area contributed by atoms with Gasteiger partial charge >= 0.3 is 5.13 Å². The van der Waals surface area contributed by atoms with E-state index in [1.54, 1.807) is 11.3 Å². The van der Waals surface area contributed by atoms with E-state index in [1.807, 2.05) is 53.1 Å². The highest BCUT2D eigenvalue weighted by Gasteiger charge is 2.23. The fourth-order valence-corrected chi connectivity index (χ4v) is 5.24. The smallest absolute Gasteiger partial charge is 0.370 e. The zero-order valence-electron chi connectivity index (χ0n) is 18.3. The minimum atomic E-state index is -0.335. The van der Waals surface area contributed by atoms with Crippen LogP contribution in [0.3, 0.4) is 0 Å². The van der Waals surface area contributed by atoms with Crippen molar-refractivity contribution in [3.05, 3.63) is 78.9 Å². The maximum absolute atomic E-state index is 11.5. The summed E-state index contributed by atoms with van der Waals surface area (Å²) in [7, 11) is 0. The van der Waals surface area contributed by atoms with E-state index >= 15 is 0 Å². The van der Waals surface area contributed by atoms with Gasteiger partial charge in [0.15, 0.2) is 0 Å². The quantitative estimate of drug-likeness (QED) is 0.233. The Kier molecular flexibility index (Phi) is 5.71. The molecule has 0 unspecified atom stereocenters. The first kappa shape index (κ1) is 21.0. The molecule has 2 aromatic heterocycles. The SMILES string of the molecule is CCn1c(-c2ccccc2)c(N=Nc2sc3ccccc3[n+]2CCC(N)=O)c2ccccc21. The van der Waals surface area contributed by atoms with Gasteiger partial charge in [-0.1, -0.05) is 60.7 Å². The Balaban J connectivity index is 1.69. The number of thiazole rings is 1. The van der Waals surface area contributed by atoms with Crippen molar-refractivity contribution in [2.45, 2.75) is 26.4 Å². The van der Waals surface area contributed by atoms with E-state index in [-0.39, 0.29) is 12.3 Å². The van der Waals surface area contributed by atoms with E-state index < -0.39 is 0 Å². The van der Waals surface area contributed by atoms with Crippen molar-refractivity contribution in [1.29, 1.82) is 0 Å². The predicted molar refractivity (Wildman–Crippen MR) is 133 cm³/mol. The Bertz CT molecular complexity index is 1480. The van der Waals surface area contributed by atoms with Crippen LogP contribution < -0.4 is 10.3 Å². The van der Waals surface area contributed by atoms with Crippen molar-refractivity contribution in [2.75, 3.05) is 0 Å². The molecule has 164 valence electrons. The van der Waals surface area contributed by atoms with Gasteiger partial charge in [0.1, 0.15) is 17.7 Å². The molecule has 0 aliphatic heterocycles. The molecule has 2 heterocycles. The van der Waals surface area contributed by atoms with Crippen LogP contribution >= 0.6 is 11.3 Å². The summed E-state index contributed by atoms with van der Waals surface area (Å²) in [5.41, 5.74) is 10.6. The van der Waals surface area contributed by atoms with Crippen LogP contribution in [-0.4, -0.2) is 10.5 Å². The number of benzene rings is 3. The van der Waals surface area contributed by atoms with Crippen LogP contribution in [0.15, 0.2) is 89.1 Å². The Hall–Kier alpha value is -3.84. The van der Waals surface area contributed by atoms with Crippen molar-refractivity contribution < 1.29 is 9.36 Å². The summed E-state index contributed by atoms with van der Waals surface area (Å²) in [6.07, 6.45) is 0.248. The molecule has 0 bridgehead atoms. The number of nitrogens with two attached hydrogens (primary N) is 1. The van der Waals surface area contributed by atoms with Crippen molar-refractivity contribution in [1.82, 2.24) is 4.57 Å². The molecule has 0 aliphatic carbocycles. The summed E-state index contributed by atoms with van der Waals surface area (Å²) in [5.74, 6) is -0.335. The molecule has 0 radical (unpaired) electrons. The van der Waals surface area contributed by atoms with Crippen LogP contribution in [0.25, 0.3) is 32.4 Å². The highest BCUT2D eigenvalue weighted by molar-refractivity contribution is 7.21. The summed E-state index contributed by atoms with van der Waals surface area (Å²) < 4.78 is 5.40. The molecule has 1 amide bonds. The molecule has 0 fully saturated rings. The zero-order valence-corrected chi connectivity index (χ0v) is 19.1. The molecule has 0 atom stereocenters. The molecule has 0 aliphatic rings. The fraction of sp³-hybridized carbons (Fsp3) is 0.154. The van der Waals surface area contributed by atoms with Crippen LogP contribution in [-0.2, 0) is 17.9 Å². The van der Waals surface area contributed by atoms with Gasteiger partial charge in [-0.15, -0.1) is 0 Å². The molecule has 5 aromatic rings. The number of nitrogens with zero attached hydrogens (tertiary/aromatic N) is 4. The van der Waals surface area contributed by atoms with Crippen LogP contribution in [0, 0.1) is 0 Å². The second kappa shape index (κ2) is 8.96. The summed E-state index contributed by atoms with van der Waals surface area (Å²) >= 11 is 1.56.